The molecule has 0 bridgehead atoms. The lowest BCUT2D eigenvalue weighted by Crippen LogP contribution is -2.51. The van der Waals surface area contributed by atoms with Crippen LogP contribution in [0.3, 0.4) is 0 Å². The lowest BCUT2D eigenvalue weighted by Gasteiger charge is -2.38. The van der Waals surface area contributed by atoms with Crippen LogP contribution in [0.4, 0.5) is 5.82 Å². The van der Waals surface area contributed by atoms with Crippen molar-refractivity contribution in [3.8, 4) is 6.07 Å². The maximum absolute atomic E-state index is 13.0. The molecule has 2 aliphatic rings. The number of rotatable bonds is 5. The molecule has 0 spiro atoms. The summed E-state index contributed by atoms with van der Waals surface area (Å²) in [4.78, 5) is 34.1. The number of amides is 1. The predicted octanol–water partition coefficient (Wildman–Crippen LogP) is 3.68. The molecule has 7 heteroatoms. The summed E-state index contributed by atoms with van der Waals surface area (Å²) in [7, 11) is 1.64. The summed E-state index contributed by atoms with van der Waals surface area (Å²) in [6, 6.07) is 11.8. The van der Waals surface area contributed by atoms with Crippen molar-refractivity contribution in [1.82, 2.24) is 9.88 Å². The summed E-state index contributed by atoms with van der Waals surface area (Å²) < 4.78 is 5.43. The quantitative estimate of drug-likeness (QED) is 0.686. The fourth-order valence-corrected chi connectivity index (χ4v) is 4.63. The molecule has 2 heterocycles. The van der Waals surface area contributed by atoms with E-state index in [-0.39, 0.29) is 12.5 Å². The molecule has 4 rings (SSSR count). The van der Waals surface area contributed by atoms with Gasteiger partial charge in [-0.2, -0.15) is 5.26 Å². The Morgan fingerprint density at radius 1 is 1.16 bits per heavy atom. The summed E-state index contributed by atoms with van der Waals surface area (Å²) >= 11 is 0. The van der Waals surface area contributed by atoms with E-state index in [2.05, 4.69) is 11.0 Å². The maximum atomic E-state index is 13.0. The zero-order valence-corrected chi connectivity index (χ0v) is 18.0. The number of nitrogens with zero attached hydrogens (tertiary/aromatic N) is 4. The second-order valence-corrected chi connectivity index (χ2v) is 8.48. The Morgan fingerprint density at radius 2 is 1.87 bits per heavy atom. The molecule has 1 aliphatic heterocycles. The Morgan fingerprint density at radius 3 is 2.58 bits per heavy atom. The molecule has 2 aromatic rings. The first kappa shape index (κ1) is 21.1. The number of likely N-dealkylation sites (N-methyl/N-ethyl adjacent to an activating group) is 1. The molecule has 0 unspecified atom stereocenters. The molecule has 31 heavy (non-hydrogen) atoms. The number of nitriles is 1. The topological polar surface area (TPSA) is 86.5 Å². The van der Waals surface area contributed by atoms with Crippen LogP contribution in [0.5, 0.6) is 0 Å². The Balaban J connectivity index is 1.52. The minimum Gasteiger partial charge on any atom is -0.452 e. The fraction of sp³-hybridized carbons (Fsp3) is 0.500. The van der Waals surface area contributed by atoms with Crippen LogP contribution in [-0.4, -0.2) is 54.0 Å². The number of hydrogen-bond acceptors (Lipinski definition) is 6. The molecule has 1 aliphatic carbocycles. The molecule has 0 N–H and O–H groups in total. The average Bonchev–Trinajstić information content (AvgIpc) is 3.36. The van der Waals surface area contributed by atoms with Crippen LogP contribution < -0.4 is 4.90 Å². The highest BCUT2D eigenvalue weighted by Gasteiger charge is 2.39. The maximum Gasteiger partial charge on any atom is 0.342 e. The first-order valence-corrected chi connectivity index (χ1v) is 11.0. The van der Waals surface area contributed by atoms with Gasteiger partial charge < -0.3 is 14.5 Å². The van der Waals surface area contributed by atoms with Crippen LogP contribution in [0.15, 0.2) is 30.3 Å². The van der Waals surface area contributed by atoms with E-state index < -0.39 is 11.5 Å². The van der Waals surface area contributed by atoms with E-state index in [1.54, 1.807) is 13.1 Å². The molecule has 1 saturated carbocycles. The summed E-state index contributed by atoms with van der Waals surface area (Å²) in [5, 5.41) is 10.6. The van der Waals surface area contributed by atoms with Gasteiger partial charge in [0.2, 0.25) is 0 Å². The smallest absolute Gasteiger partial charge is 0.342 e. The minimum atomic E-state index is -0.799. The number of carbonyl (C=O) groups excluding carboxylic acids is 2. The summed E-state index contributed by atoms with van der Waals surface area (Å²) in [5.41, 5.74) is 0.404. The normalized spacial score (nSPS) is 17.9. The van der Waals surface area contributed by atoms with Gasteiger partial charge in [-0.15, -0.1) is 0 Å². The summed E-state index contributed by atoms with van der Waals surface area (Å²) in [5.74, 6) is -0.299. The van der Waals surface area contributed by atoms with Gasteiger partial charge in [-0.3, -0.25) is 4.79 Å². The molecular weight excluding hydrogens is 392 g/mol. The molecule has 1 amide bonds. The SMILES string of the molecule is CN(C(=O)COC(=O)c1cc2ccccc2nc1N1CCCC1)C1(C#N)CCCCC1. The first-order chi connectivity index (χ1) is 15.0. The molecule has 1 aromatic heterocycles. The third kappa shape index (κ3) is 4.20. The van der Waals surface area contributed by atoms with Crippen LogP contribution in [-0.2, 0) is 9.53 Å². The zero-order valence-electron chi connectivity index (χ0n) is 18.0. The Hall–Kier alpha value is -3.14. The van der Waals surface area contributed by atoms with Gasteiger partial charge in [-0.05, 0) is 37.8 Å². The molecule has 0 atom stereocenters. The van der Waals surface area contributed by atoms with Crippen molar-refractivity contribution < 1.29 is 14.3 Å². The Bertz CT molecular complexity index is 1020. The van der Waals surface area contributed by atoms with Crippen LogP contribution in [0, 0.1) is 11.3 Å². The number of anilines is 1. The largest absolute Gasteiger partial charge is 0.452 e. The highest BCUT2D eigenvalue weighted by Crippen LogP contribution is 2.32. The minimum absolute atomic E-state index is 0.353. The van der Waals surface area contributed by atoms with E-state index in [1.165, 1.54) is 4.90 Å². The van der Waals surface area contributed by atoms with Crippen molar-refractivity contribution in [3.05, 3.63) is 35.9 Å². The average molecular weight is 421 g/mol. The van der Waals surface area contributed by atoms with Gasteiger partial charge in [0.15, 0.2) is 6.61 Å². The Labute approximate surface area is 182 Å². The van der Waals surface area contributed by atoms with Gasteiger partial charge in [-0.25, -0.2) is 9.78 Å². The number of carbonyl (C=O) groups is 2. The number of benzene rings is 1. The number of pyridine rings is 1. The highest BCUT2D eigenvalue weighted by molar-refractivity contribution is 6.00. The molecular formula is C24H28N4O3. The summed E-state index contributed by atoms with van der Waals surface area (Å²) in [6.07, 6.45) is 6.36. The number of ether oxygens (including phenoxy) is 1. The van der Waals surface area contributed by atoms with Gasteiger partial charge in [0.1, 0.15) is 16.9 Å². The van der Waals surface area contributed by atoms with Gasteiger partial charge in [0.05, 0.1) is 11.6 Å². The van der Waals surface area contributed by atoms with Crippen molar-refractivity contribution in [2.75, 3.05) is 31.6 Å². The van der Waals surface area contributed by atoms with E-state index in [4.69, 9.17) is 9.72 Å². The second kappa shape index (κ2) is 8.93. The number of fused-ring (bicyclic) bond motifs is 1. The van der Waals surface area contributed by atoms with Crippen molar-refractivity contribution in [3.63, 3.8) is 0 Å². The summed E-state index contributed by atoms with van der Waals surface area (Å²) in [6.45, 7) is 1.31. The number of esters is 1. The van der Waals surface area contributed by atoms with Gasteiger partial charge >= 0.3 is 5.97 Å². The van der Waals surface area contributed by atoms with Crippen molar-refractivity contribution >= 4 is 28.6 Å². The van der Waals surface area contributed by atoms with E-state index in [9.17, 15) is 14.9 Å². The van der Waals surface area contributed by atoms with Crippen molar-refractivity contribution in [2.45, 2.75) is 50.5 Å². The monoisotopic (exact) mass is 420 g/mol. The highest BCUT2D eigenvalue weighted by atomic mass is 16.5. The second-order valence-electron chi connectivity index (χ2n) is 8.48. The molecule has 1 saturated heterocycles. The lowest BCUT2D eigenvalue weighted by molar-refractivity contribution is -0.138. The molecule has 7 nitrogen and oxygen atoms in total. The van der Waals surface area contributed by atoms with Crippen molar-refractivity contribution in [1.29, 1.82) is 5.26 Å². The molecule has 1 aromatic carbocycles. The number of aromatic nitrogens is 1. The van der Waals surface area contributed by atoms with Crippen molar-refractivity contribution in [2.24, 2.45) is 0 Å². The number of para-hydroxylation sites is 1. The first-order valence-electron chi connectivity index (χ1n) is 11.0. The predicted molar refractivity (Wildman–Crippen MR) is 118 cm³/mol. The van der Waals surface area contributed by atoms with Crippen LogP contribution in [0.1, 0.15) is 55.3 Å². The molecule has 162 valence electrons. The Kier molecular flexibility index (Phi) is 6.08. The third-order valence-corrected chi connectivity index (χ3v) is 6.56. The van der Waals surface area contributed by atoms with Gasteiger partial charge in [0, 0.05) is 25.5 Å². The standard InChI is InChI=1S/C24H28N4O3/c1-27(24(17-25)11-5-2-6-12-24)21(29)16-31-23(30)19-15-18-9-3-4-10-20(18)26-22(19)28-13-7-8-14-28/h3-4,9-10,15H,2,5-8,11-14,16H2,1H3. The van der Waals surface area contributed by atoms with E-state index in [1.807, 2.05) is 24.3 Å². The van der Waals surface area contributed by atoms with Gasteiger partial charge in [0.25, 0.3) is 5.91 Å². The molecule has 2 fully saturated rings. The zero-order chi connectivity index (χ0) is 21.8. The van der Waals surface area contributed by atoms with Crippen LogP contribution in [0.2, 0.25) is 0 Å². The molecule has 0 radical (unpaired) electrons. The lowest BCUT2D eigenvalue weighted by atomic mass is 9.81. The van der Waals surface area contributed by atoms with E-state index in [0.717, 1.165) is 56.1 Å². The van der Waals surface area contributed by atoms with Crippen LogP contribution in [0.25, 0.3) is 10.9 Å². The van der Waals surface area contributed by atoms with E-state index >= 15 is 0 Å². The number of hydrogen-bond donors (Lipinski definition) is 0. The third-order valence-electron chi connectivity index (χ3n) is 6.56. The van der Waals surface area contributed by atoms with Crippen LogP contribution >= 0.6 is 0 Å². The fourth-order valence-electron chi connectivity index (χ4n) is 4.63. The van der Waals surface area contributed by atoms with Gasteiger partial charge in [-0.1, -0.05) is 37.5 Å². The van der Waals surface area contributed by atoms with E-state index in [0.29, 0.717) is 24.2 Å².